The number of nitrogens with zero attached hydrogens (tertiary/aromatic N) is 3. The topological polar surface area (TPSA) is 85.1 Å². The third kappa shape index (κ3) is 2.03. The van der Waals surface area contributed by atoms with Gasteiger partial charge in [0.25, 0.3) is 5.56 Å². The van der Waals surface area contributed by atoms with Crippen LogP contribution in [0.5, 0.6) is 0 Å². The highest BCUT2D eigenvalue weighted by molar-refractivity contribution is 7.65. The molecule has 7 heteroatoms. The Morgan fingerprint density at radius 1 is 1.50 bits per heavy atom. The molecule has 6 nitrogen and oxygen atoms in total. The molecule has 2 aromatic rings. The van der Waals surface area contributed by atoms with E-state index in [1.807, 2.05) is 0 Å². The molecule has 0 amide bonds. The molecular weight excluding hydrogens is 278 g/mol. The fourth-order valence-electron chi connectivity index (χ4n) is 2.90. The van der Waals surface area contributed by atoms with Crippen LogP contribution in [0.15, 0.2) is 28.3 Å². The predicted molar refractivity (Wildman–Crippen MR) is 73.6 cm³/mol. The van der Waals surface area contributed by atoms with E-state index in [2.05, 4.69) is 9.97 Å². The first-order valence-electron chi connectivity index (χ1n) is 6.43. The highest BCUT2D eigenvalue weighted by Gasteiger charge is 2.39. The summed E-state index contributed by atoms with van der Waals surface area (Å²) < 4.78 is 12.4. The van der Waals surface area contributed by atoms with Crippen LogP contribution in [0.2, 0.25) is 0 Å². The molecule has 1 aliphatic rings. The first-order valence-corrected chi connectivity index (χ1v) is 7.17. The minimum atomic E-state index is -0.937. The number of hydrogen-bond donors (Lipinski definition) is 1. The van der Waals surface area contributed by atoms with Gasteiger partial charge in [0, 0.05) is 21.9 Å². The molecule has 0 bridgehead atoms. The van der Waals surface area contributed by atoms with E-state index in [1.165, 1.54) is 16.8 Å². The molecule has 3 rings (SSSR count). The molecule has 1 N–H and O–H groups in total. The third-order valence-corrected chi connectivity index (χ3v) is 4.26. The van der Waals surface area contributed by atoms with Crippen molar-refractivity contribution in [1.29, 1.82) is 0 Å². The van der Waals surface area contributed by atoms with E-state index >= 15 is 0 Å². The third-order valence-electron chi connectivity index (χ3n) is 3.91. The summed E-state index contributed by atoms with van der Waals surface area (Å²) >= 11 is 0.191. The van der Waals surface area contributed by atoms with Crippen LogP contribution in [0.4, 0.5) is 0 Å². The molecule has 2 atom stereocenters. The molecule has 20 heavy (non-hydrogen) atoms. The fourth-order valence-corrected chi connectivity index (χ4v) is 3.12. The van der Waals surface area contributed by atoms with E-state index in [1.54, 1.807) is 13.0 Å². The Morgan fingerprint density at radius 3 is 2.95 bits per heavy atom. The molecule has 2 aromatic heterocycles. The number of fused-ring (bicyclic) bond motifs is 1. The highest BCUT2D eigenvalue weighted by atomic mass is 32.1. The first-order chi connectivity index (χ1) is 9.53. The van der Waals surface area contributed by atoms with Gasteiger partial charge in [-0.05, 0) is 32.3 Å². The number of hydrogen-bond acceptors (Lipinski definition) is 5. The van der Waals surface area contributed by atoms with Crippen LogP contribution in [0, 0.1) is 0 Å². The van der Waals surface area contributed by atoms with Gasteiger partial charge in [0.15, 0.2) is 5.65 Å². The number of pyridine rings is 1. The Kier molecular flexibility index (Phi) is 3.10. The SMILES string of the molecule is C[C@@]1(O)CCCC1n1c(=O)ccc2cnc([S+]=O)nc21. The van der Waals surface area contributed by atoms with Gasteiger partial charge in [0.2, 0.25) is 0 Å². The van der Waals surface area contributed by atoms with E-state index in [-0.39, 0.29) is 28.4 Å². The van der Waals surface area contributed by atoms with Gasteiger partial charge in [-0.3, -0.25) is 9.36 Å². The van der Waals surface area contributed by atoms with E-state index in [0.717, 1.165) is 12.8 Å². The van der Waals surface area contributed by atoms with Gasteiger partial charge >= 0.3 is 16.8 Å². The maximum Gasteiger partial charge on any atom is 0.550 e. The standard InChI is InChI=1S/C13H14N3O3S/c1-13(18)6-2-3-9(13)16-10(17)5-4-8-7-14-12(20-19)15-11(8)16/h4-5,7,9,18H,2-3,6H2,1H3/q+1/t9?,13-/m1/s1. The molecule has 2 heterocycles. The minimum absolute atomic E-state index is 0.0782. The Balaban J connectivity index is 2.30. The zero-order valence-electron chi connectivity index (χ0n) is 10.9. The summed E-state index contributed by atoms with van der Waals surface area (Å²) in [4.78, 5) is 20.3. The average Bonchev–Trinajstić information content (AvgIpc) is 2.77. The van der Waals surface area contributed by atoms with Crippen LogP contribution < -0.4 is 5.56 Å². The number of aliphatic hydroxyl groups is 1. The van der Waals surface area contributed by atoms with E-state index in [9.17, 15) is 14.1 Å². The molecule has 0 aromatic carbocycles. The highest BCUT2D eigenvalue weighted by Crippen LogP contribution is 2.39. The van der Waals surface area contributed by atoms with Crippen molar-refractivity contribution in [2.45, 2.75) is 43.0 Å². The summed E-state index contributed by atoms with van der Waals surface area (Å²) in [7, 11) is 0. The molecule has 0 spiro atoms. The van der Waals surface area contributed by atoms with Crippen molar-refractivity contribution in [3.8, 4) is 0 Å². The quantitative estimate of drug-likeness (QED) is 0.660. The first kappa shape index (κ1) is 13.3. The lowest BCUT2D eigenvalue weighted by Gasteiger charge is -2.27. The molecule has 1 fully saturated rings. The lowest BCUT2D eigenvalue weighted by Crippen LogP contribution is -2.37. The Morgan fingerprint density at radius 2 is 2.30 bits per heavy atom. The number of aromatic nitrogens is 3. The Hall–Kier alpha value is -1.73. The molecule has 1 aliphatic carbocycles. The Bertz CT molecular complexity index is 741. The molecule has 1 saturated carbocycles. The lowest BCUT2D eigenvalue weighted by atomic mass is 10.00. The van der Waals surface area contributed by atoms with Crippen molar-refractivity contribution in [3.05, 3.63) is 28.7 Å². The maximum atomic E-state index is 12.2. The van der Waals surface area contributed by atoms with Gasteiger partial charge in [-0.15, -0.1) is 0 Å². The minimum Gasteiger partial charge on any atom is -0.388 e. The van der Waals surface area contributed by atoms with Crippen LogP contribution in [0.1, 0.15) is 32.2 Å². The van der Waals surface area contributed by atoms with Crippen molar-refractivity contribution in [2.24, 2.45) is 0 Å². The molecule has 1 unspecified atom stereocenters. The normalized spacial score (nSPS) is 26.0. The zero-order chi connectivity index (χ0) is 14.3. The van der Waals surface area contributed by atoms with Crippen molar-refractivity contribution >= 4 is 22.7 Å². The van der Waals surface area contributed by atoms with Crippen LogP contribution in [0.3, 0.4) is 0 Å². The largest absolute Gasteiger partial charge is 0.550 e. The van der Waals surface area contributed by atoms with Gasteiger partial charge in [0.1, 0.15) is 0 Å². The van der Waals surface area contributed by atoms with Crippen LogP contribution in [0.25, 0.3) is 11.0 Å². The van der Waals surface area contributed by atoms with Crippen LogP contribution in [-0.4, -0.2) is 25.2 Å². The number of rotatable bonds is 2. The maximum absolute atomic E-state index is 12.2. The lowest BCUT2D eigenvalue weighted by molar-refractivity contribution is 0.0266. The zero-order valence-corrected chi connectivity index (χ0v) is 11.8. The van der Waals surface area contributed by atoms with E-state index in [0.29, 0.717) is 17.5 Å². The summed E-state index contributed by atoms with van der Waals surface area (Å²) in [6.07, 6.45) is 3.75. The fraction of sp³-hybridized carbons (Fsp3) is 0.462. The second kappa shape index (κ2) is 4.68. The molecule has 0 radical (unpaired) electrons. The van der Waals surface area contributed by atoms with Gasteiger partial charge in [-0.2, -0.15) is 9.97 Å². The Labute approximate surface area is 119 Å². The predicted octanol–water partition coefficient (Wildman–Crippen LogP) is 1.05. The molecule has 0 saturated heterocycles. The van der Waals surface area contributed by atoms with Crippen LogP contribution >= 0.6 is 0 Å². The molecule has 104 valence electrons. The van der Waals surface area contributed by atoms with E-state index in [4.69, 9.17) is 0 Å². The monoisotopic (exact) mass is 292 g/mol. The average molecular weight is 292 g/mol. The smallest absolute Gasteiger partial charge is 0.388 e. The van der Waals surface area contributed by atoms with E-state index < -0.39 is 5.60 Å². The molecule has 0 aliphatic heterocycles. The van der Waals surface area contributed by atoms with Crippen LogP contribution in [-0.2, 0) is 15.9 Å². The summed E-state index contributed by atoms with van der Waals surface area (Å²) in [6, 6.07) is 2.76. The van der Waals surface area contributed by atoms with Gasteiger partial charge in [-0.25, -0.2) is 0 Å². The summed E-state index contributed by atoms with van der Waals surface area (Å²) in [5, 5.41) is 11.2. The summed E-state index contributed by atoms with van der Waals surface area (Å²) in [5.41, 5.74) is -0.739. The molecular formula is C13H14N3O3S+. The van der Waals surface area contributed by atoms with Crippen molar-refractivity contribution in [2.75, 3.05) is 0 Å². The van der Waals surface area contributed by atoms with Gasteiger partial charge < -0.3 is 5.11 Å². The summed E-state index contributed by atoms with van der Waals surface area (Å²) in [6.45, 7) is 1.74. The van der Waals surface area contributed by atoms with Gasteiger partial charge in [0.05, 0.1) is 11.6 Å². The van der Waals surface area contributed by atoms with Gasteiger partial charge in [-0.1, -0.05) is 0 Å². The van der Waals surface area contributed by atoms with Crippen molar-refractivity contribution in [1.82, 2.24) is 14.5 Å². The second-order valence-electron chi connectivity index (χ2n) is 5.32. The van der Waals surface area contributed by atoms with Crippen molar-refractivity contribution in [3.63, 3.8) is 0 Å². The summed E-state index contributed by atoms with van der Waals surface area (Å²) in [5.74, 6) is 0. The van der Waals surface area contributed by atoms with Crippen molar-refractivity contribution < 1.29 is 9.32 Å². The second-order valence-corrected chi connectivity index (χ2v) is 5.85.